The van der Waals surface area contributed by atoms with Crippen LogP contribution in [0.4, 0.5) is 0 Å². The van der Waals surface area contributed by atoms with Gasteiger partial charge in [0.15, 0.2) is 17.2 Å². The fraction of sp³-hybridized carbons (Fsp3) is 0.115. The molecule has 0 fully saturated rings. The van der Waals surface area contributed by atoms with Crippen LogP contribution in [0.1, 0.15) is 23.6 Å². The highest BCUT2D eigenvalue weighted by atomic mass is 16.6. The van der Waals surface area contributed by atoms with Gasteiger partial charge in [0.2, 0.25) is 5.90 Å². The van der Waals surface area contributed by atoms with Crippen LogP contribution < -0.4 is 9.47 Å². The average molecular weight is 427 g/mol. The molecular formula is C26H21NO5. The number of carbonyl (C=O) groups is 2. The summed E-state index contributed by atoms with van der Waals surface area (Å²) < 4.78 is 16.5. The van der Waals surface area contributed by atoms with Gasteiger partial charge < -0.3 is 14.2 Å². The lowest BCUT2D eigenvalue weighted by Crippen LogP contribution is -2.12. The van der Waals surface area contributed by atoms with Crippen LogP contribution in [0.3, 0.4) is 0 Å². The molecule has 1 heterocycles. The summed E-state index contributed by atoms with van der Waals surface area (Å²) in [7, 11) is 0. The fourth-order valence-electron chi connectivity index (χ4n) is 3.16. The highest BCUT2D eigenvalue weighted by Gasteiger charge is 2.24. The summed E-state index contributed by atoms with van der Waals surface area (Å²) in [5, 5.41) is 0. The zero-order valence-electron chi connectivity index (χ0n) is 17.5. The molecule has 6 heteroatoms. The van der Waals surface area contributed by atoms with Crippen molar-refractivity contribution in [2.75, 3.05) is 6.61 Å². The van der Waals surface area contributed by atoms with Crippen molar-refractivity contribution < 1.29 is 23.8 Å². The lowest BCUT2D eigenvalue weighted by atomic mass is 10.1. The summed E-state index contributed by atoms with van der Waals surface area (Å²) in [6.07, 6.45) is 1.76. The lowest BCUT2D eigenvalue weighted by Gasteiger charge is -2.11. The van der Waals surface area contributed by atoms with Crippen LogP contribution in [0.5, 0.6) is 11.5 Å². The maximum absolute atomic E-state index is 12.3. The SMILES string of the molecule is CCOc1cc(/C=C2\N=C(c3ccccc3)OC2=O)ccc1OC(=O)Cc1ccccc1. The molecular weight excluding hydrogens is 406 g/mol. The first-order valence-corrected chi connectivity index (χ1v) is 10.2. The molecule has 0 amide bonds. The van der Waals surface area contributed by atoms with E-state index in [-0.39, 0.29) is 24.0 Å². The molecule has 1 aliphatic heterocycles. The number of nitrogens with zero attached hydrogens (tertiary/aromatic N) is 1. The molecule has 3 aromatic carbocycles. The minimum atomic E-state index is -0.528. The molecule has 0 atom stereocenters. The minimum Gasteiger partial charge on any atom is -0.490 e. The summed E-state index contributed by atoms with van der Waals surface area (Å²) in [4.78, 5) is 28.9. The van der Waals surface area contributed by atoms with E-state index in [0.717, 1.165) is 11.1 Å². The molecule has 0 aromatic heterocycles. The largest absolute Gasteiger partial charge is 0.490 e. The van der Waals surface area contributed by atoms with Crippen LogP contribution in [-0.4, -0.2) is 24.4 Å². The molecule has 0 saturated carbocycles. The first-order valence-electron chi connectivity index (χ1n) is 10.2. The van der Waals surface area contributed by atoms with E-state index in [1.54, 1.807) is 24.3 Å². The summed E-state index contributed by atoms with van der Waals surface area (Å²) in [5.74, 6) is 0.0672. The van der Waals surface area contributed by atoms with Gasteiger partial charge in [-0.3, -0.25) is 4.79 Å². The molecule has 0 aliphatic carbocycles. The monoisotopic (exact) mass is 427 g/mol. The van der Waals surface area contributed by atoms with Crippen molar-refractivity contribution >= 4 is 23.9 Å². The molecule has 1 aliphatic rings. The Balaban J connectivity index is 1.54. The van der Waals surface area contributed by atoms with E-state index in [0.29, 0.717) is 23.7 Å². The normalized spacial score (nSPS) is 14.1. The van der Waals surface area contributed by atoms with Crippen LogP contribution in [0.15, 0.2) is 89.6 Å². The number of aliphatic imine (C=N–C) groups is 1. The van der Waals surface area contributed by atoms with Crippen molar-refractivity contribution in [3.8, 4) is 11.5 Å². The van der Waals surface area contributed by atoms with Crippen LogP contribution >= 0.6 is 0 Å². The smallest absolute Gasteiger partial charge is 0.363 e. The summed E-state index contributed by atoms with van der Waals surface area (Å²) >= 11 is 0. The average Bonchev–Trinajstić information content (AvgIpc) is 3.17. The van der Waals surface area contributed by atoms with E-state index in [2.05, 4.69) is 4.99 Å². The third-order valence-corrected chi connectivity index (χ3v) is 4.63. The van der Waals surface area contributed by atoms with Crippen molar-refractivity contribution in [1.82, 2.24) is 0 Å². The second-order valence-corrected chi connectivity index (χ2v) is 6.98. The Morgan fingerprint density at radius 3 is 2.41 bits per heavy atom. The van der Waals surface area contributed by atoms with Crippen LogP contribution in [0, 0.1) is 0 Å². The number of hydrogen-bond donors (Lipinski definition) is 0. The highest BCUT2D eigenvalue weighted by Crippen LogP contribution is 2.30. The van der Waals surface area contributed by atoms with Crippen molar-refractivity contribution in [1.29, 1.82) is 0 Å². The van der Waals surface area contributed by atoms with Gasteiger partial charge in [-0.25, -0.2) is 9.79 Å². The zero-order chi connectivity index (χ0) is 22.3. The van der Waals surface area contributed by atoms with Crippen molar-refractivity contribution in [3.63, 3.8) is 0 Å². The van der Waals surface area contributed by atoms with Crippen LogP contribution in [-0.2, 0) is 20.7 Å². The quantitative estimate of drug-likeness (QED) is 0.314. The van der Waals surface area contributed by atoms with Gasteiger partial charge in [-0.05, 0) is 48.4 Å². The fourth-order valence-corrected chi connectivity index (χ4v) is 3.16. The number of cyclic esters (lactones) is 1. The van der Waals surface area contributed by atoms with Crippen molar-refractivity contribution in [3.05, 3.63) is 101 Å². The second-order valence-electron chi connectivity index (χ2n) is 6.98. The second kappa shape index (κ2) is 9.75. The van der Waals surface area contributed by atoms with E-state index in [1.165, 1.54) is 0 Å². The van der Waals surface area contributed by atoms with E-state index in [4.69, 9.17) is 14.2 Å². The Labute approximate surface area is 185 Å². The molecule has 3 aromatic rings. The maximum Gasteiger partial charge on any atom is 0.363 e. The molecule has 0 spiro atoms. The molecule has 0 radical (unpaired) electrons. The summed E-state index contributed by atoms with van der Waals surface area (Å²) in [6, 6.07) is 23.6. The first-order chi connectivity index (χ1) is 15.6. The van der Waals surface area contributed by atoms with E-state index < -0.39 is 5.97 Å². The third-order valence-electron chi connectivity index (χ3n) is 4.63. The van der Waals surface area contributed by atoms with Gasteiger partial charge in [0.1, 0.15) is 0 Å². The minimum absolute atomic E-state index is 0.154. The Morgan fingerprint density at radius 2 is 1.69 bits per heavy atom. The number of hydrogen-bond acceptors (Lipinski definition) is 6. The van der Waals surface area contributed by atoms with Crippen LogP contribution in [0.2, 0.25) is 0 Å². The number of rotatable bonds is 7. The molecule has 0 unspecified atom stereocenters. The van der Waals surface area contributed by atoms with Crippen molar-refractivity contribution in [2.24, 2.45) is 4.99 Å². The van der Waals surface area contributed by atoms with E-state index in [1.807, 2.05) is 67.6 Å². The predicted octanol–water partition coefficient (Wildman–Crippen LogP) is 4.58. The molecule has 32 heavy (non-hydrogen) atoms. The summed E-state index contributed by atoms with van der Waals surface area (Å²) in [5.41, 5.74) is 2.44. The summed E-state index contributed by atoms with van der Waals surface area (Å²) in [6.45, 7) is 2.23. The van der Waals surface area contributed by atoms with E-state index >= 15 is 0 Å². The highest BCUT2D eigenvalue weighted by molar-refractivity contribution is 6.12. The van der Waals surface area contributed by atoms with Gasteiger partial charge in [-0.15, -0.1) is 0 Å². The van der Waals surface area contributed by atoms with Gasteiger partial charge >= 0.3 is 11.9 Å². The topological polar surface area (TPSA) is 74.2 Å². The van der Waals surface area contributed by atoms with Gasteiger partial charge in [-0.2, -0.15) is 0 Å². The molecule has 160 valence electrons. The Bertz CT molecular complexity index is 1180. The van der Waals surface area contributed by atoms with Gasteiger partial charge in [-0.1, -0.05) is 54.6 Å². The molecule has 0 bridgehead atoms. The Kier molecular flexibility index (Phi) is 6.41. The first kappa shape index (κ1) is 21.1. The maximum atomic E-state index is 12.3. The Hall–Kier alpha value is -4.19. The predicted molar refractivity (Wildman–Crippen MR) is 120 cm³/mol. The number of esters is 2. The van der Waals surface area contributed by atoms with Crippen molar-refractivity contribution in [2.45, 2.75) is 13.3 Å². The number of carbonyl (C=O) groups excluding carboxylic acids is 2. The molecule has 6 nitrogen and oxygen atoms in total. The van der Waals surface area contributed by atoms with Gasteiger partial charge in [0, 0.05) is 5.56 Å². The number of ether oxygens (including phenoxy) is 3. The zero-order valence-corrected chi connectivity index (χ0v) is 17.5. The third kappa shape index (κ3) is 5.10. The molecule has 4 rings (SSSR count). The molecule has 0 N–H and O–H groups in total. The number of benzene rings is 3. The van der Waals surface area contributed by atoms with E-state index in [9.17, 15) is 9.59 Å². The van der Waals surface area contributed by atoms with Gasteiger partial charge in [0.25, 0.3) is 0 Å². The Morgan fingerprint density at radius 1 is 0.969 bits per heavy atom. The standard InChI is InChI=1S/C26H21NO5/c1-2-30-23-16-19(13-14-22(23)31-24(28)17-18-9-5-3-6-10-18)15-21-26(29)32-25(27-21)20-11-7-4-8-12-20/h3-16H,2,17H2,1H3/b21-15-. The lowest BCUT2D eigenvalue weighted by molar-refractivity contribution is -0.133. The van der Waals surface area contributed by atoms with Crippen LogP contribution in [0.25, 0.3) is 6.08 Å². The van der Waals surface area contributed by atoms with Gasteiger partial charge in [0.05, 0.1) is 13.0 Å². The molecule has 0 saturated heterocycles.